The number of pyridine rings is 2. The number of hydrogen-bond donors (Lipinski definition) is 3. The van der Waals surface area contributed by atoms with Crippen molar-refractivity contribution in [1.82, 2.24) is 30.4 Å². The third kappa shape index (κ3) is 15.1. The molecule has 0 spiro atoms. The monoisotopic (exact) mass is 1160 g/mol. The number of imide groups is 1. The first-order valence-corrected chi connectivity index (χ1v) is 26.4. The number of aliphatic hydroxyl groups is 2. The second-order valence-electron chi connectivity index (χ2n) is 22.2. The van der Waals surface area contributed by atoms with E-state index in [1.54, 1.807) is 85.7 Å². The highest BCUT2D eigenvalue weighted by Crippen LogP contribution is 2.46. The largest absolute Gasteiger partial charge is 0.474 e. The van der Waals surface area contributed by atoms with Gasteiger partial charge in [0.1, 0.15) is 35.0 Å². The number of nitrogens with two attached hydrogens (primary N) is 1. The number of carbonyl (C=O) groups excluding carboxylic acids is 2. The van der Waals surface area contributed by atoms with Gasteiger partial charge in [-0.2, -0.15) is 31.2 Å². The van der Waals surface area contributed by atoms with Crippen LogP contribution >= 0.6 is 0 Å². The Kier molecular flexibility index (Phi) is 18.6. The summed E-state index contributed by atoms with van der Waals surface area (Å²) in [6.45, 7) is 12.8. The van der Waals surface area contributed by atoms with Gasteiger partial charge in [0.2, 0.25) is 23.0 Å². The van der Waals surface area contributed by atoms with Crippen LogP contribution in [0.5, 0.6) is 11.8 Å². The summed E-state index contributed by atoms with van der Waals surface area (Å²) in [5.74, 6) is -3.63. The highest BCUT2D eigenvalue weighted by Gasteiger charge is 2.60. The van der Waals surface area contributed by atoms with E-state index in [0.29, 0.717) is 67.4 Å². The van der Waals surface area contributed by atoms with Crippen LogP contribution in [0.1, 0.15) is 140 Å². The second-order valence-corrected chi connectivity index (χ2v) is 22.2. The number of benzene rings is 2. The molecule has 18 nitrogen and oxygen atoms in total. The van der Waals surface area contributed by atoms with Gasteiger partial charge in [-0.3, -0.25) is 0 Å². The standard InChI is InChI=1S/C33H40F4N4O7.C23H24F4N4O3/c1-19-17-23(41(28(42)47-30(2,3)4)29(43)48-31(5,6)7)24-26-39-40-27(46-26)32(44,33(35,36)37)16-10-8-9-11-22(45-25(19)38-24)18-20-12-14-21(34)15-13-20;1-13-11-17(28)18-20-30-31-21(34-20)22(32,23(25,26)27)10-4-2-3-5-16(33-19(13)29-18)12-14-6-8-15(24)9-7-14/h12-15,17,22,44H,8-11,16,18H2,1-7H3;6-9,11,16,32H,2-5,10,12,28H2,1H3/t22?,32-;16?,22-/m11/s1. The van der Waals surface area contributed by atoms with Crippen LogP contribution in [0.25, 0.3) is 23.2 Å². The van der Waals surface area contributed by atoms with Crippen LogP contribution in [0.3, 0.4) is 0 Å². The van der Waals surface area contributed by atoms with Gasteiger partial charge in [-0.25, -0.2) is 28.3 Å². The van der Waals surface area contributed by atoms with Gasteiger partial charge in [0.25, 0.3) is 23.6 Å². The first kappa shape index (κ1) is 62.1. The Morgan fingerprint density at radius 1 is 0.610 bits per heavy atom. The molecule has 6 aromatic rings. The van der Waals surface area contributed by atoms with E-state index in [2.05, 4.69) is 30.4 Å². The molecule has 4 aromatic heterocycles. The molecule has 2 unspecified atom stereocenters. The maximum Gasteiger partial charge on any atom is 0.426 e. The molecule has 4 N–H and O–H groups in total. The SMILES string of the molecule is Cc1cc(N(C(=O)OC(C)(C)C)C(=O)OC(C)(C)C)c2nc1OC(Cc1ccc(F)cc1)CCCCC[C@](O)(C(F)(F)F)c1nnc-2o1.Cc1cc(N)c2nc1OC(Cc1ccc(F)cc1)CCCCC[C@](O)(C(F)(F)F)c1nnc-2o1. The molecule has 0 saturated carbocycles. The lowest BCUT2D eigenvalue weighted by molar-refractivity contribution is -0.277. The molecule has 2 aromatic carbocycles. The van der Waals surface area contributed by atoms with Crippen LogP contribution in [-0.2, 0) is 33.5 Å². The molecule has 8 rings (SSSR count). The van der Waals surface area contributed by atoms with Crippen LogP contribution in [0.2, 0.25) is 0 Å². The van der Waals surface area contributed by atoms with Gasteiger partial charge in [0, 0.05) is 24.0 Å². The topological polar surface area (TPSA) is 244 Å². The highest BCUT2D eigenvalue weighted by molar-refractivity contribution is 6.11. The average molecular weight is 1160 g/mol. The van der Waals surface area contributed by atoms with Crippen LogP contribution in [-0.4, -0.2) is 88.5 Å². The molecular weight excluding hydrogens is 1100 g/mol. The van der Waals surface area contributed by atoms with Gasteiger partial charge in [-0.1, -0.05) is 37.1 Å². The maximum absolute atomic E-state index is 14.3. The number of anilines is 2. The summed E-state index contributed by atoms with van der Waals surface area (Å²) in [6, 6.07) is 14.7. The number of nitrogens with zero attached hydrogens (tertiary/aromatic N) is 7. The number of fused-ring (bicyclic) bond motifs is 10. The minimum Gasteiger partial charge on any atom is -0.474 e. The zero-order valence-corrected chi connectivity index (χ0v) is 46.3. The molecule has 26 heteroatoms. The van der Waals surface area contributed by atoms with E-state index >= 15 is 0 Å². The van der Waals surface area contributed by atoms with Crippen LogP contribution in [0.4, 0.5) is 56.1 Å². The summed E-state index contributed by atoms with van der Waals surface area (Å²) >= 11 is 0. The fourth-order valence-corrected chi connectivity index (χ4v) is 8.88. The van der Waals surface area contributed by atoms with Crippen molar-refractivity contribution in [2.75, 3.05) is 10.6 Å². The zero-order chi connectivity index (χ0) is 60.2. The summed E-state index contributed by atoms with van der Waals surface area (Å²) in [4.78, 5) is 36.5. The molecular formula is C56H64F8N8O10. The molecule has 2 amide bonds. The van der Waals surface area contributed by atoms with Crippen molar-refractivity contribution in [2.24, 2.45) is 0 Å². The fourth-order valence-electron chi connectivity index (χ4n) is 8.88. The quantitative estimate of drug-likeness (QED) is 0.136. The van der Waals surface area contributed by atoms with Gasteiger partial charge < -0.3 is 43.7 Å². The summed E-state index contributed by atoms with van der Waals surface area (Å²) in [5, 5.41) is 35.9. The number of aryl methyl sites for hydroxylation is 2. The number of halogens is 8. The highest BCUT2D eigenvalue weighted by atomic mass is 19.4. The summed E-state index contributed by atoms with van der Waals surface area (Å²) in [5.41, 5.74) is -1.02. The third-order valence-corrected chi connectivity index (χ3v) is 13.1. The number of hydrogen-bond acceptors (Lipinski definition) is 17. The number of nitrogen functional groups attached to an aromatic ring is 1. The van der Waals surface area contributed by atoms with Crippen LogP contribution in [0.15, 0.2) is 69.5 Å². The van der Waals surface area contributed by atoms with E-state index in [4.69, 9.17) is 33.5 Å². The van der Waals surface area contributed by atoms with Crippen LogP contribution < -0.4 is 20.1 Å². The maximum atomic E-state index is 14.3. The van der Waals surface area contributed by atoms with Crippen molar-refractivity contribution in [2.45, 2.75) is 179 Å². The molecule has 2 aliphatic heterocycles. The Bertz CT molecular complexity index is 3150. The number of ether oxygens (including phenoxy) is 4. The number of rotatable bonds is 5. The van der Waals surface area contributed by atoms with Gasteiger partial charge in [0.05, 0.1) is 11.4 Å². The normalized spacial score (nSPS) is 20.1. The zero-order valence-electron chi connectivity index (χ0n) is 46.3. The Labute approximate surface area is 466 Å². The van der Waals surface area contributed by atoms with E-state index in [-0.39, 0.29) is 59.5 Å². The predicted molar refractivity (Wildman–Crippen MR) is 279 cm³/mol. The minimum atomic E-state index is -5.18. The number of amides is 2. The van der Waals surface area contributed by atoms with Crippen molar-refractivity contribution in [3.05, 3.63) is 106 Å². The first-order valence-electron chi connectivity index (χ1n) is 26.4. The van der Waals surface area contributed by atoms with E-state index in [0.717, 1.165) is 11.1 Å². The molecule has 8 bridgehead atoms. The molecule has 0 radical (unpaired) electrons. The molecule has 0 aliphatic carbocycles. The van der Waals surface area contributed by atoms with Crippen molar-refractivity contribution in [3.63, 3.8) is 0 Å². The van der Waals surface area contributed by atoms with E-state index in [1.807, 2.05) is 0 Å². The minimum absolute atomic E-state index is 0.00270. The number of alkyl halides is 6. The molecule has 2 aliphatic rings. The Morgan fingerprint density at radius 3 is 1.40 bits per heavy atom. The van der Waals surface area contributed by atoms with Gasteiger partial charge >= 0.3 is 24.5 Å². The van der Waals surface area contributed by atoms with Crippen LogP contribution in [0, 0.1) is 25.5 Å². The number of aromatic nitrogens is 6. The Balaban J connectivity index is 0.000000250. The van der Waals surface area contributed by atoms with Gasteiger partial charge in [-0.05, 0) is 154 Å². The third-order valence-electron chi connectivity index (χ3n) is 13.1. The lowest BCUT2D eigenvalue weighted by Gasteiger charge is -2.30. The van der Waals surface area contributed by atoms with Crippen molar-refractivity contribution in [1.29, 1.82) is 0 Å². The summed E-state index contributed by atoms with van der Waals surface area (Å²) < 4.78 is 146. The van der Waals surface area contributed by atoms with E-state index in [9.17, 15) is 54.9 Å². The molecule has 444 valence electrons. The predicted octanol–water partition coefficient (Wildman–Crippen LogP) is 12.8. The van der Waals surface area contributed by atoms with Gasteiger partial charge in [-0.15, -0.1) is 20.4 Å². The molecule has 82 heavy (non-hydrogen) atoms. The average Bonchev–Trinajstić information content (AvgIpc) is 4.24. The summed E-state index contributed by atoms with van der Waals surface area (Å²) in [7, 11) is 0. The smallest absolute Gasteiger partial charge is 0.426 e. The molecule has 4 atom stereocenters. The van der Waals surface area contributed by atoms with E-state index < -0.39 is 95.1 Å². The lowest BCUT2D eigenvalue weighted by atomic mass is 9.94. The van der Waals surface area contributed by atoms with Crippen molar-refractivity contribution >= 4 is 23.6 Å². The molecule has 0 fully saturated rings. The molecule has 6 heterocycles. The number of carbonyl (C=O) groups is 2. The second kappa shape index (κ2) is 24.5. The first-order chi connectivity index (χ1) is 38.2. The van der Waals surface area contributed by atoms with Crippen molar-refractivity contribution < 1.29 is 82.7 Å². The van der Waals surface area contributed by atoms with Gasteiger partial charge in [0.15, 0.2) is 11.4 Å². The van der Waals surface area contributed by atoms with Crippen molar-refractivity contribution in [3.8, 4) is 34.9 Å². The fraction of sp³-hybridized carbons (Fsp3) is 0.500. The lowest BCUT2D eigenvalue weighted by Crippen LogP contribution is -2.44. The Morgan fingerprint density at radius 2 is 1.00 bits per heavy atom. The summed E-state index contributed by atoms with van der Waals surface area (Å²) in [6.07, 6.45) is -11.6. The van der Waals surface area contributed by atoms with E-state index in [1.165, 1.54) is 30.3 Å². The Hall–Kier alpha value is -7.48. The molecule has 0 saturated heterocycles.